The van der Waals surface area contributed by atoms with Crippen LogP contribution in [0.4, 0.5) is 10.1 Å². The number of nitrogens with zero attached hydrogens (tertiary/aromatic N) is 1. The van der Waals surface area contributed by atoms with Crippen molar-refractivity contribution in [2.24, 2.45) is 11.7 Å². The number of nitrogens with one attached hydrogen (secondary N) is 1. The van der Waals surface area contributed by atoms with Crippen molar-refractivity contribution in [1.82, 2.24) is 4.90 Å². The zero-order valence-electron chi connectivity index (χ0n) is 15.4. The molecule has 0 radical (unpaired) electrons. The van der Waals surface area contributed by atoms with E-state index in [2.05, 4.69) is 5.32 Å². The standard InChI is InChI=1S/C21H22FN3O3/c22-17-5-3-16(4-6-17)21(28)25-11-9-15(10-12-25)20(27)24-18-7-1-14(2-8-18)13-19(23)26/h1-8,15H,9-13H2,(H2,23,26)(H,24,27). The molecule has 0 bridgehead atoms. The van der Waals surface area contributed by atoms with Gasteiger partial charge in [0.2, 0.25) is 11.8 Å². The number of likely N-dealkylation sites (tertiary alicyclic amines) is 1. The van der Waals surface area contributed by atoms with Crippen LogP contribution in [0.3, 0.4) is 0 Å². The molecule has 1 fully saturated rings. The fourth-order valence-corrected chi connectivity index (χ4v) is 3.27. The molecule has 3 amide bonds. The first-order valence-corrected chi connectivity index (χ1v) is 9.15. The summed E-state index contributed by atoms with van der Waals surface area (Å²) in [4.78, 5) is 37.6. The average molecular weight is 383 g/mol. The van der Waals surface area contributed by atoms with Crippen LogP contribution in [-0.2, 0) is 16.0 Å². The maximum atomic E-state index is 13.0. The first-order chi connectivity index (χ1) is 13.4. The van der Waals surface area contributed by atoms with Gasteiger partial charge in [0.1, 0.15) is 5.82 Å². The lowest BCUT2D eigenvalue weighted by Gasteiger charge is -2.31. The summed E-state index contributed by atoms with van der Waals surface area (Å²) in [5, 5.41) is 2.87. The largest absolute Gasteiger partial charge is 0.369 e. The third kappa shape index (κ3) is 4.94. The van der Waals surface area contributed by atoms with Crippen molar-refractivity contribution in [3.05, 3.63) is 65.5 Å². The van der Waals surface area contributed by atoms with Crippen molar-refractivity contribution in [2.75, 3.05) is 18.4 Å². The minimum Gasteiger partial charge on any atom is -0.369 e. The molecule has 2 aromatic carbocycles. The van der Waals surface area contributed by atoms with Gasteiger partial charge < -0.3 is 16.0 Å². The lowest BCUT2D eigenvalue weighted by molar-refractivity contribution is -0.121. The third-order valence-electron chi connectivity index (χ3n) is 4.84. The van der Waals surface area contributed by atoms with Crippen molar-refractivity contribution in [3.63, 3.8) is 0 Å². The molecule has 0 aliphatic carbocycles. The average Bonchev–Trinajstić information content (AvgIpc) is 2.69. The SMILES string of the molecule is NC(=O)Cc1ccc(NC(=O)C2CCN(C(=O)c3ccc(F)cc3)CC2)cc1. The molecule has 1 aliphatic heterocycles. The van der Waals surface area contributed by atoms with Gasteiger partial charge >= 0.3 is 0 Å². The summed E-state index contributed by atoms with van der Waals surface area (Å²) >= 11 is 0. The zero-order valence-corrected chi connectivity index (χ0v) is 15.4. The van der Waals surface area contributed by atoms with Crippen molar-refractivity contribution in [1.29, 1.82) is 0 Å². The molecular formula is C21H22FN3O3. The Hall–Kier alpha value is -3.22. The number of nitrogens with two attached hydrogens (primary N) is 1. The van der Waals surface area contributed by atoms with Crippen LogP contribution < -0.4 is 11.1 Å². The number of benzene rings is 2. The van der Waals surface area contributed by atoms with Crippen LogP contribution in [0.25, 0.3) is 0 Å². The predicted molar refractivity (Wildman–Crippen MR) is 103 cm³/mol. The number of hydrogen-bond acceptors (Lipinski definition) is 3. The smallest absolute Gasteiger partial charge is 0.253 e. The summed E-state index contributed by atoms with van der Waals surface area (Å²) in [5.74, 6) is -1.20. The minimum atomic E-state index is -0.404. The monoisotopic (exact) mass is 383 g/mol. The van der Waals surface area contributed by atoms with Crippen molar-refractivity contribution < 1.29 is 18.8 Å². The summed E-state index contributed by atoms with van der Waals surface area (Å²) in [5.41, 5.74) is 7.05. The van der Waals surface area contributed by atoms with E-state index in [0.717, 1.165) is 5.56 Å². The second-order valence-electron chi connectivity index (χ2n) is 6.90. The fourth-order valence-electron chi connectivity index (χ4n) is 3.27. The van der Waals surface area contributed by atoms with Gasteiger partial charge in [-0.15, -0.1) is 0 Å². The van der Waals surface area contributed by atoms with Crippen LogP contribution in [0.2, 0.25) is 0 Å². The highest BCUT2D eigenvalue weighted by atomic mass is 19.1. The van der Waals surface area contributed by atoms with Gasteiger partial charge in [0.05, 0.1) is 6.42 Å². The molecule has 3 rings (SSSR count). The van der Waals surface area contributed by atoms with Crippen molar-refractivity contribution >= 4 is 23.4 Å². The molecule has 7 heteroatoms. The number of piperidine rings is 1. The Labute approximate surface area is 162 Å². The number of amides is 3. The molecular weight excluding hydrogens is 361 g/mol. The van der Waals surface area contributed by atoms with E-state index in [1.54, 1.807) is 29.2 Å². The quantitative estimate of drug-likeness (QED) is 0.830. The molecule has 146 valence electrons. The highest BCUT2D eigenvalue weighted by Gasteiger charge is 2.27. The van der Waals surface area contributed by atoms with Crippen molar-refractivity contribution in [2.45, 2.75) is 19.3 Å². The molecule has 0 spiro atoms. The number of carbonyl (C=O) groups excluding carboxylic acids is 3. The van der Waals surface area contributed by atoms with Gasteiger partial charge in [-0.2, -0.15) is 0 Å². The second-order valence-corrected chi connectivity index (χ2v) is 6.90. The molecule has 0 unspecified atom stereocenters. The van der Waals surface area contributed by atoms with Gasteiger partial charge in [-0.1, -0.05) is 12.1 Å². The number of carbonyl (C=O) groups is 3. The van der Waals surface area contributed by atoms with Gasteiger partial charge in [0.15, 0.2) is 0 Å². The number of halogens is 1. The zero-order chi connectivity index (χ0) is 20.1. The second kappa shape index (κ2) is 8.65. The minimum absolute atomic E-state index is 0.0865. The van der Waals surface area contributed by atoms with Crippen LogP contribution in [0.15, 0.2) is 48.5 Å². The first-order valence-electron chi connectivity index (χ1n) is 9.15. The van der Waals surface area contributed by atoms with Crippen LogP contribution in [0, 0.1) is 11.7 Å². The summed E-state index contributed by atoms with van der Waals surface area (Å²) in [6.07, 6.45) is 1.30. The Morgan fingerprint density at radius 2 is 1.61 bits per heavy atom. The van der Waals surface area contributed by atoms with E-state index >= 15 is 0 Å². The van der Waals surface area contributed by atoms with Gasteiger partial charge in [-0.05, 0) is 54.8 Å². The number of rotatable bonds is 5. The normalized spacial score (nSPS) is 14.5. The van der Waals surface area contributed by atoms with Crippen molar-refractivity contribution in [3.8, 4) is 0 Å². The molecule has 1 heterocycles. The molecule has 0 aromatic heterocycles. The number of hydrogen-bond donors (Lipinski definition) is 2. The highest BCUT2D eigenvalue weighted by molar-refractivity contribution is 5.95. The van der Waals surface area contributed by atoms with Crippen LogP contribution in [0.1, 0.15) is 28.8 Å². The van der Waals surface area contributed by atoms with E-state index in [4.69, 9.17) is 5.73 Å². The molecule has 3 N–H and O–H groups in total. The van der Waals surface area contributed by atoms with E-state index in [1.807, 2.05) is 0 Å². The molecule has 1 aliphatic rings. The van der Waals surface area contributed by atoms with Crippen LogP contribution in [0.5, 0.6) is 0 Å². The summed E-state index contributed by atoms with van der Waals surface area (Å²) < 4.78 is 13.0. The van der Waals surface area contributed by atoms with Gasteiger partial charge in [0, 0.05) is 30.3 Å². The maximum absolute atomic E-state index is 13.0. The molecule has 1 saturated heterocycles. The van der Waals surface area contributed by atoms with E-state index < -0.39 is 5.91 Å². The molecule has 6 nitrogen and oxygen atoms in total. The van der Waals surface area contributed by atoms with Gasteiger partial charge in [-0.25, -0.2) is 4.39 Å². The summed E-state index contributed by atoms with van der Waals surface area (Å²) in [7, 11) is 0. The molecule has 2 aromatic rings. The highest BCUT2D eigenvalue weighted by Crippen LogP contribution is 2.21. The molecule has 28 heavy (non-hydrogen) atoms. The Balaban J connectivity index is 1.51. The Bertz CT molecular complexity index is 857. The number of anilines is 1. The summed E-state index contributed by atoms with van der Waals surface area (Å²) in [6, 6.07) is 12.5. The Kier molecular flexibility index (Phi) is 6.03. The summed E-state index contributed by atoms with van der Waals surface area (Å²) in [6.45, 7) is 0.956. The lowest BCUT2D eigenvalue weighted by Crippen LogP contribution is -2.41. The van der Waals surface area contributed by atoms with E-state index in [9.17, 15) is 18.8 Å². The molecule has 0 saturated carbocycles. The fraction of sp³-hybridized carbons (Fsp3) is 0.286. The first kappa shape index (κ1) is 19.5. The van der Waals surface area contributed by atoms with Gasteiger partial charge in [-0.3, -0.25) is 14.4 Å². The van der Waals surface area contributed by atoms with Gasteiger partial charge in [0.25, 0.3) is 5.91 Å². The molecule has 0 atom stereocenters. The predicted octanol–water partition coefficient (Wildman–Crippen LogP) is 2.34. The lowest BCUT2D eigenvalue weighted by atomic mass is 9.95. The topological polar surface area (TPSA) is 92.5 Å². The van der Waals surface area contributed by atoms with E-state index in [1.165, 1.54) is 24.3 Å². The Morgan fingerprint density at radius 3 is 2.18 bits per heavy atom. The Morgan fingerprint density at radius 1 is 1.00 bits per heavy atom. The van der Waals surface area contributed by atoms with Crippen LogP contribution >= 0.6 is 0 Å². The maximum Gasteiger partial charge on any atom is 0.253 e. The third-order valence-corrected chi connectivity index (χ3v) is 4.84. The van der Waals surface area contributed by atoms with Crippen LogP contribution in [-0.4, -0.2) is 35.7 Å². The van der Waals surface area contributed by atoms with E-state index in [0.29, 0.717) is 37.2 Å². The number of primary amides is 1. The van der Waals surface area contributed by atoms with E-state index in [-0.39, 0.29) is 30.0 Å².